The van der Waals surface area contributed by atoms with Crippen molar-refractivity contribution in [1.82, 2.24) is 0 Å². The monoisotopic (exact) mass is 270 g/mol. The first-order valence-corrected chi connectivity index (χ1v) is 5.96. The van der Waals surface area contributed by atoms with Crippen molar-refractivity contribution in [3.05, 3.63) is 69.8 Å². The Morgan fingerprint density at radius 3 is 2.50 bits per heavy atom. The third kappa shape index (κ3) is 2.07. The van der Waals surface area contributed by atoms with Crippen LogP contribution in [-0.4, -0.2) is 10.9 Å². The average molecular weight is 270 g/mol. The van der Waals surface area contributed by atoms with Gasteiger partial charge in [-0.15, -0.1) is 0 Å². The van der Waals surface area contributed by atoms with E-state index in [1.807, 2.05) is 12.1 Å². The van der Waals surface area contributed by atoms with E-state index in [0.29, 0.717) is 11.3 Å². The Hall–Kier alpha value is -2.89. The fraction of sp³-hybridized carbons (Fsp3) is 0.0714. The largest absolute Gasteiger partial charge is 0.434 e. The Balaban J connectivity index is 1.82. The molecule has 20 heavy (non-hydrogen) atoms. The summed E-state index contributed by atoms with van der Waals surface area (Å²) in [6.45, 7) is 0. The lowest BCUT2D eigenvalue weighted by atomic mass is 10.1. The summed E-state index contributed by atoms with van der Waals surface area (Å²) in [4.78, 5) is 21.8. The van der Waals surface area contributed by atoms with Gasteiger partial charge in [0.2, 0.25) is 6.23 Å². The molecule has 1 N–H and O–H groups in total. The number of esters is 1. The van der Waals surface area contributed by atoms with Crippen LogP contribution in [0.25, 0.3) is 0 Å². The van der Waals surface area contributed by atoms with Crippen LogP contribution < -0.4 is 5.32 Å². The molecule has 1 heterocycles. The van der Waals surface area contributed by atoms with Gasteiger partial charge in [0.15, 0.2) is 0 Å². The number of non-ortho nitro benzene ring substituents is 1. The van der Waals surface area contributed by atoms with Crippen molar-refractivity contribution < 1.29 is 14.5 Å². The maximum Gasteiger partial charge on any atom is 0.340 e. The molecule has 0 spiro atoms. The van der Waals surface area contributed by atoms with Crippen LogP contribution in [0, 0.1) is 10.1 Å². The first kappa shape index (κ1) is 12.2. The van der Waals surface area contributed by atoms with E-state index >= 15 is 0 Å². The summed E-state index contributed by atoms with van der Waals surface area (Å²) in [5, 5.41) is 13.6. The van der Waals surface area contributed by atoms with Crippen LogP contribution in [0.3, 0.4) is 0 Å². The van der Waals surface area contributed by atoms with E-state index in [1.165, 1.54) is 12.1 Å². The summed E-state index contributed by atoms with van der Waals surface area (Å²) in [5.41, 5.74) is 1.95. The molecule has 0 aromatic heterocycles. The number of cyclic esters (lactones) is 1. The number of fused-ring (bicyclic) bond motifs is 1. The summed E-state index contributed by atoms with van der Waals surface area (Å²) >= 11 is 0. The second-order valence-electron chi connectivity index (χ2n) is 4.32. The quantitative estimate of drug-likeness (QED) is 0.527. The van der Waals surface area contributed by atoms with Crippen LogP contribution in [0.1, 0.15) is 22.1 Å². The van der Waals surface area contributed by atoms with Gasteiger partial charge >= 0.3 is 5.97 Å². The third-order valence-corrected chi connectivity index (χ3v) is 3.06. The first-order valence-electron chi connectivity index (χ1n) is 5.96. The van der Waals surface area contributed by atoms with Gasteiger partial charge in [-0.05, 0) is 18.2 Å². The van der Waals surface area contributed by atoms with Gasteiger partial charge in [-0.25, -0.2) is 4.79 Å². The highest BCUT2D eigenvalue weighted by atomic mass is 16.6. The van der Waals surface area contributed by atoms with Gasteiger partial charge in [-0.3, -0.25) is 10.1 Å². The Morgan fingerprint density at radius 2 is 1.80 bits per heavy atom. The van der Waals surface area contributed by atoms with Crippen LogP contribution in [0.5, 0.6) is 0 Å². The SMILES string of the molecule is O=C1OC(Nc2ccc([N+](=O)[O-])cc2)c2ccccc21. The fourth-order valence-corrected chi connectivity index (χ4v) is 2.08. The molecule has 1 unspecified atom stereocenters. The second kappa shape index (κ2) is 4.65. The number of nitrogens with one attached hydrogen (secondary N) is 1. The molecule has 3 rings (SSSR count). The maximum absolute atomic E-state index is 11.7. The Labute approximate surface area is 114 Å². The van der Waals surface area contributed by atoms with Crippen molar-refractivity contribution >= 4 is 17.3 Å². The molecule has 2 aromatic rings. The van der Waals surface area contributed by atoms with Crippen molar-refractivity contribution in [2.45, 2.75) is 6.23 Å². The van der Waals surface area contributed by atoms with E-state index in [-0.39, 0.29) is 11.7 Å². The molecule has 1 aliphatic rings. The van der Waals surface area contributed by atoms with Crippen molar-refractivity contribution in [2.75, 3.05) is 5.32 Å². The molecule has 1 aliphatic heterocycles. The van der Waals surface area contributed by atoms with Gasteiger partial charge in [0.25, 0.3) is 5.69 Å². The van der Waals surface area contributed by atoms with Crippen molar-refractivity contribution in [2.24, 2.45) is 0 Å². The van der Waals surface area contributed by atoms with E-state index in [2.05, 4.69) is 5.32 Å². The van der Waals surface area contributed by atoms with Crippen molar-refractivity contribution in [1.29, 1.82) is 0 Å². The van der Waals surface area contributed by atoms with Crippen LogP contribution >= 0.6 is 0 Å². The Morgan fingerprint density at radius 1 is 1.10 bits per heavy atom. The first-order chi connectivity index (χ1) is 9.65. The van der Waals surface area contributed by atoms with Gasteiger partial charge in [0.05, 0.1) is 10.5 Å². The van der Waals surface area contributed by atoms with Gasteiger partial charge in [-0.2, -0.15) is 0 Å². The summed E-state index contributed by atoms with van der Waals surface area (Å²) in [6, 6.07) is 13.0. The molecule has 0 saturated carbocycles. The smallest absolute Gasteiger partial charge is 0.340 e. The van der Waals surface area contributed by atoms with Crippen molar-refractivity contribution in [3.63, 3.8) is 0 Å². The normalized spacial score (nSPS) is 16.4. The molecule has 2 aromatic carbocycles. The van der Waals surface area contributed by atoms with E-state index < -0.39 is 11.2 Å². The number of nitrogens with zero attached hydrogens (tertiary/aromatic N) is 1. The Kier molecular flexibility index (Phi) is 2.83. The molecule has 0 saturated heterocycles. The fourth-order valence-electron chi connectivity index (χ4n) is 2.08. The Bertz CT molecular complexity index is 682. The third-order valence-electron chi connectivity index (χ3n) is 3.06. The standard InChI is InChI=1S/C14H10N2O4/c17-14-12-4-2-1-3-11(12)13(20-14)15-9-5-7-10(8-6-9)16(18)19/h1-8,13,15H. The number of rotatable bonds is 3. The predicted octanol–water partition coefficient (Wildman–Crippen LogP) is 2.88. The molecule has 6 nitrogen and oxygen atoms in total. The van der Waals surface area contributed by atoms with Crippen LogP contribution in [0.4, 0.5) is 11.4 Å². The lowest BCUT2D eigenvalue weighted by Crippen LogP contribution is -2.10. The zero-order valence-electron chi connectivity index (χ0n) is 10.3. The number of hydrogen-bond acceptors (Lipinski definition) is 5. The van der Waals surface area contributed by atoms with Crippen LogP contribution in [-0.2, 0) is 4.74 Å². The lowest BCUT2D eigenvalue weighted by molar-refractivity contribution is -0.384. The molecule has 0 amide bonds. The van der Waals surface area contributed by atoms with Gasteiger partial charge < -0.3 is 10.1 Å². The molecule has 0 radical (unpaired) electrons. The van der Waals surface area contributed by atoms with E-state index in [0.717, 1.165) is 5.56 Å². The molecule has 6 heteroatoms. The zero-order valence-corrected chi connectivity index (χ0v) is 10.3. The summed E-state index contributed by atoms with van der Waals surface area (Å²) in [7, 11) is 0. The van der Waals surface area contributed by atoms with Gasteiger partial charge in [-0.1, -0.05) is 18.2 Å². The summed E-state index contributed by atoms with van der Waals surface area (Å²) in [6.07, 6.45) is -0.569. The van der Waals surface area contributed by atoms with E-state index in [1.54, 1.807) is 24.3 Å². The number of carbonyl (C=O) groups is 1. The minimum atomic E-state index is -0.569. The maximum atomic E-state index is 11.7. The number of benzene rings is 2. The van der Waals surface area contributed by atoms with Crippen LogP contribution in [0.15, 0.2) is 48.5 Å². The summed E-state index contributed by atoms with van der Waals surface area (Å²) < 4.78 is 5.23. The van der Waals surface area contributed by atoms with Crippen molar-refractivity contribution in [3.8, 4) is 0 Å². The highest BCUT2D eigenvalue weighted by Gasteiger charge is 2.30. The topological polar surface area (TPSA) is 81.5 Å². The number of nitro groups is 1. The highest BCUT2D eigenvalue weighted by molar-refractivity contribution is 5.94. The lowest BCUT2D eigenvalue weighted by Gasteiger charge is -2.14. The number of nitro benzene ring substituents is 1. The van der Waals surface area contributed by atoms with Gasteiger partial charge in [0.1, 0.15) is 0 Å². The highest BCUT2D eigenvalue weighted by Crippen LogP contribution is 2.31. The zero-order chi connectivity index (χ0) is 14.1. The number of carbonyl (C=O) groups excluding carboxylic acids is 1. The molecule has 1 atom stereocenters. The summed E-state index contributed by atoms with van der Waals surface area (Å²) in [5.74, 6) is -0.375. The number of hydrogen-bond donors (Lipinski definition) is 1. The van der Waals surface area contributed by atoms with E-state index in [9.17, 15) is 14.9 Å². The molecular weight excluding hydrogens is 260 g/mol. The average Bonchev–Trinajstić information content (AvgIpc) is 2.77. The van der Waals surface area contributed by atoms with Crippen LogP contribution in [0.2, 0.25) is 0 Å². The second-order valence-corrected chi connectivity index (χ2v) is 4.32. The predicted molar refractivity (Wildman–Crippen MR) is 71.3 cm³/mol. The molecule has 0 aliphatic carbocycles. The molecule has 0 bridgehead atoms. The molecule has 100 valence electrons. The van der Waals surface area contributed by atoms with E-state index in [4.69, 9.17) is 4.74 Å². The minimum absolute atomic E-state index is 0.0133. The van der Waals surface area contributed by atoms with Gasteiger partial charge in [0, 0.05) is 23.4 Å². The number of ether oxygens (including phenoxy) is 1. The number of anilines is 1. The molecular formula is C14H10N2O4. The minimum Gasteiger partial charge on any atom is -0.434 e. The molecule has 0 fully saturated rings.